The fourth-order valence-electron chi connectivity index (χ4n) is 3.01. The molecule has 1 amide bonds. The molecule has 1 fully saturated rings. The number of hydrogen-bond donors (Lipinski definition) is 2. The summed E-state index contributed by atoms with van der Waals surface area (Å²) in [6, 6.07) is 8.23. The molecule has 9 heteroatoms. The first-order valence-corrected chi connectivity index (χ1v) is 10.5. The van der Waals surface area contributed by atoms with Crippen molar-refractivity contribution in [2.45, 2.75) is 38.8 Å². The minimum atomic E-state index is -0.0915. The zero-order valence-corrected chi connectivity index (χ0v) is 17.1. The van der Waals surface area contributed by atoms with E-state index in [2.05, 4.69) is 20.5 Å². The molecular weight excluding hydrogens is 394 g/mol. The minimum absolute atomic E-state index is 0.0915. The first-order chi connectivity index (χ1) is 13.7. The van der Waals surface area contributed by atoms with Gasteiger partial charge in [0.15, 0.2) is 10.6 Å². The molecule has 28 heavy (non-hydrogen) atoms. The molecule has 1 saturated carbocycles. The zero-order valence-electron chi connectivity index (χ0n) is 15.5. The molecule has 1 aliphatic rings. The van der Waals surface area contributed by atoms with Crippen molar-refractivity contribution >= 4 is 29.5 Å². The van der Waals surface area contributed by atoms with Gasteiger partial charge in [-0.05, 0) is 44.1 Å². The van der Waals surface area contributed by atoms with Crippen LogP contribution in [0.2, 0.25) is 0 Å². The van der Waals surface area contributed by atoms with Crippen molar-refractivity contribution in [1.82, 2.24) is 25.1 Å². The summed E-state index contributed by atoms with van der Waals surface area (Å²) in [6.07, 6.45) is 2.45. The van der Waals surface area contributed by atoms with Gasteiger partial charge in [-0.2, -0.15) is 5.10 Å². The summed E-state index contributed by atoms with van der Waals surface area (Å²) in [5.74, 6) is 1.48. The minimum Gasteiger partial charge on any atom is -0.493 e. The molecule has 1 aromatic carbocycles. The van der Waals surface area contributed by atoms with Crippen molar-refractivity contribution in [2.24, 2.45) is 0 Å². The lowest BCUT2D eigenvalue weighted by Crippen LogP contribution is -2.26. The Hall–Kier alpha value is -2.52. The summed E-state index contributed by atoms with van der Waals surface area (Å²) in [6.45, 7) is 2.90. The van der Waals surface area contributed by atoms with Crippen molar-refractivity contribution in [3.63, 3.8) is 0 Å². The van der Waals surface area contributed by atoms with Gasteiger partial charge in [0.25, 0.3) is 0 Å². The molecule has 0 atom stereocenters. The van der Waals surface area contributed by atoms with Gasteiger partial charge in [-0.15, -0.1) is 11.3 Å². The molecule has 146 valence electrons. The normalized spacial score (nSPS) is 13.5. The van der Waals surface area contributed by atoms with E-state index in [4.69, 9.17) is 17.0 Å². The van der Waals surface area contributed by atoms with Gasteiger partial charge < -0.3 is 10.1 Å². The number of carbonyl (C=O) groups is 1. The number of aromatic amines is 1. The third-order valence-electron chi connectivity index (χ3n) is 4.44. The van der Waals surface area contributed by atoms with E-state index < -0.39 is 0 Å². The maximum atomic E-state index is 12.4. The molecule has 0 spiro atoms. The van der Waals surface area contributed by atoms with Gasteiger partial charge in [0.05, 0.1) is 30.8 Å². The number of benzene rings is 1. The molecule has 0 aliphatic heterocycles. The van der Waals surface area contributed by atoms with E-state index in [9.17, 15) is 4.79 Å². The van der Waals surface area contributed by atoms with Gasteiger partial charge in [0.2, 0.25) is 5.91 Å². The van der Waals surface area contributed by atoms with E-state index in [1.54, 1.807) is 0 Å². The Morgan fingerprint density at radius 3 is 3.04 bits per heavy atom. The number of thiazole rings is 1. The number of amides is 1. The molecule has 1 aliphatic carbocycles. The highest BCUT2D eigenvalue weighted by Gasteiger charge is 2.27. The first kappa shape index (κ1) is 18.8. The highest BCUT2D eigenvalue weighted by Crippen LogP contribution is 2.35. The second-order valence-corrected chi connectivity index (χ2v) is 7.82. The van der Waals surface area contributed by atoms with Crippen LogP contribution in [0.25, 0.3) is 10.6 Å². The van der Waals surface area contributed by atoms with Crippen LogP contribution in [0.1, 0.15) is 37.3 Å². The lowest BCUT2D eigenvalue weighted by Gasteiger charge is -2.07. The molecule has 4 rings (SSSR count). The molecule has 0 unspecified atom stereocenters. The molecule has 0 radical (unpaired) electrons. The molecule has 2 N–H and O–H groups in total. The number of nitrogens with one attached hydrogen (secondary N) is 2. The van der Waals surface area contributed by atoms with Crippen LogP contribution in [-0.2, 0) is 17.8 Å². The molecule has 2 heterocycles. The fraction of sp³-hybridized carbons (Fsp3) is 0.368. The van der Waals surface area contributed by atoms with Gasteiger partial charge in [0.1, 0.15) is 10.8 Å². The number of nitrogens with zero attached hydrogens (tertiary/aromatic N) is 3. The standard InChI is InChI=1S/C19H21N5O2S2/c1-2-26-15-6-4-3-5-14(15)18-21-12(11-28-18)9-17(25)20-10-16-22-23-19(27)24(16)13-7-8-13/h3-6,11,13H,2,7-10H2,1H3,(H,20,25)(H,23,27). The summed E-state index contributed by atoms with van der Waals surface area (Å²) >= 11 is 6.78. The van der Waals surface area contributed by atoms with Gasteiger partial charge in [-0.3, -0.25) is 14.5 Å². The average Bonchev–Trinajstić information content (AvgIpc) is 3.30. The highest BCUT2D eigenvalue weighted by atomic mass is 32.1. The zero-order chi connectivity index (χ0) is 19.5. The lowest BCUT2D eigenvalue weighted by molar-refractivity contribution is -0.120. The average molecular weight is 416 g/mol. The second kappa shape index (κ2) is 8.24. The van der Waals surface area contributed by atoms with Gasteiger partial charge in [0, 0.05) is 11.4 Å². The molecule has 3 aromatic rings. The number of H-pyrrole nitrogens is 1. The maximum Gasteiger partial charge on any atom is 0.226 e. The Morgan fingerprint density at radius 1 is 1.43 bits per heavy atom. The second-order valence-electron chi connectivity index (χ2n) is 6.57. The quantitative estimate of drug-likeness (QED) is 0.549. The highest BCUT2D eigenvalue weighted by molar-refractivity contribution is 7.71. The Morgan fingerprint density at radius 2 is 2.25 bits per heavy atom. The van der Waals surface area contributed by atoms with Crippen LogP contribution in [0.5, 0.6) is 5.75 Å². The summed E-state index contributed by atoms with van der Waals surface area (Å²) in [5.41, 5.74) is 1.69. The monoisotopic (exact) mass is 415 g/mol. The van der Waals surface area contributed by atoms with E-state index in [0.717, 1.165) is 40.7 Å². The van der Waals surface area contributed by atoms with Gasteiger partial charge >= 0.3 is 0 Å². The van der Waals surface area contributed by atoms with Crippen LogP contribution in [0.15, 0.2) is 29.6 Å². The SMILES string of the molecule is CCOc1ccccc1-c1nc(CC(=O)NCc2n[nH]c(=S)n2C2CC2)cs1. The largest absolute Gasteiger partial charge is 0.493 e. The van der Waals surface area contributed by atoms with Crippen LogP contribution in [0.3, 0.4) is 0 Å². The van der Waals surface area contributed by atoms with E-state index in [1.807, 2.05) is 41.1 Å². The van der Waals surface area contributed by atoms with Crippen LogP contribution in [-0.4, -0.2) is 32.3 Å². The van der Waals surface area contributed by atoms with Crippen molar-refractivity contribution < 1.29 is 9.53 Å². The van der Waals surface area contributed by atoms with Crippen LogP contribution >= 0.6 is 23.6 Å². The predicted molar refractivity (Wildman–Crippen MR) is 110 cm³/mol. The number of rotatable bonds is 8. The maximum absolute atomic E-state index is 12.4. The summed E-state index contributed by atoms with van der Waals surface area (Å²) in [4.78, 5) is 17.0. The van der Waals surface area contributed by atoms with E-state index in [0.29, 0.717) is 24.0 Å². The number of ether oxygens (including phenoxy) is 1. The van der Waals surface area contributed by atoms with Crippen molar-refractivity contribution in [2.75, 3.05) is 6.61 Å². The van der Waals surface area contributed by atoms with E-state index >= 15 is 0 Å². The van der Waals surface area contributed by atoms with Gasteiger partial charge in [-0.1, -0.05) is 12.1 Å². The van der Waals surface area contributed by atoms with Crippen LogP contribution in [0, 0.1) is 4.77 Å². The molecular formula is C19H21N5O2S2. The number of aromatic nitrogens is 4. The van der Waals surface area contributed by atoms with Crippen molar-refractivity contribution in [3.05, 3.63) is 45.9 Å². The summed E-state index contributed by atoms with van der Waals surface area (Å²) in [5, 5.41) is 12.7. The third kappa shape index (κ3) is 4.15. The Balaban J connectivity index is 1.39. The molecule has 0 saturated heterocycles. The number of para-hydroxylation sites is 1. The Bertz CT molecular complexity index is 1030. The summed E-state index contributed by atoms with van der Waals surface area (Å²) < 4.78 is 8.29. The Kier molecular flexibility index (Phi) is 5.54. The van der Waals surface area contributed by atoms with E-state index in [-0.39, 0.29) is 12.3 Å². The Labute approximate surface area is 171 Å². The predicted octanol–water partition coefficient (Wildman–Crippen LogP) is 3.66. The number of carbonyl (C=O) groups excluding carboxylic acids is 1. The first-order valence-electron chi connectivity index (χ1n) is 9.24. The van der Waals surface area contributed by atoms with Crippen molar-refractivity contribution in [1.29, 1.82) is 0 Å². The fourth-order valence-corrected chi connectivity index (χ4v) is 4.16. The van der Waals surface area contributed by atoms with Crippen LogP contribution < -0.4 is 10.1 Å². The van der Waals surface area contributed by atoms with Crippen molar-refractivity contribution in [3.8, 4) is 16.3 Å². The summed E-state index contributed by atoms with van der Waals surface area (Å²) in [7, 11) is 0. The van der Waals surface area contributed by atoms with Gasteiger partial charge in [-0.25, -0.2) is 4.98 Å². The van der Waals surface area contributed by atoms with E-state index in [1.165, 1.54) is 11.3 Å². The lowest BCUT2D eigenvalue weighted by atomic mass is 10.2. The van der Waals surface area contributed by atoms with Crippen LogP contribution in [0.4, 0.5) is 0 Å². The molecule has 2 aromatic heterocycles. The smallest absolute Gasteiger partial charge is 0.226 e. The topological polar surface area (TPSA) is 84.8 Å². The third-order valence-corrected chi connectivity index (χ3v) is 5.66. The molecule has 7 nitrogen and oxygen atoms in total. The molecule has 0 bridgehead atoms. The number of hydrogen-bond acceptors (Lipinski definition) is 6.